The van der Waals surface area contributed by atoms with E-state index in [4.69, 9.17) is 9.47 Å². The lowest BCUT2D eigenvalue weighted by Gasteiger charge is -2.34. The molecular formula is C23H27NO3. The van der Waals surface area contributed by atoms with Gasteiger partial charge in [-0.3, -0.25) is 4.90 Å². The molecule has 27 heavy (non-hydrogen) atoms. The van der Waals surface area contributed by atoms with Gasteiger partial charge < -0.3 is 9.47 Å². The van der Waals surface area contributed by atoms with E-state index in [1.54, 1.807) is 0 Å². The Morgan fingerprint density at radius 3 is 2.44 bits per heavy atom. The molecule has 0 spiro atoms. The topological polar surface area (TPSA) is 38.8 Å². The van der Waals surface area contributed by atoms with Gasteiger partial charge in [0.25, 0.3) is 0 Å². The van der Waals surface area contributed by atoms with Crippen LogP contribution in [0.5, 0.6) is 0 Å². The number of nitrogens with zero attached hydrogens (tertiary/aromatic N) is 1. The Balaban J connectivity index is 1.62. The van der Waals surface area contributed by atoms with Crippen LogP contribution in [-0.4, -0.2) is 29.7 Å². The maximum atomic E-state index is 13.2. The fourth-order valence-corrected chi connectivity index (χ4v) is 4.66. The van der Waals surface area contributed by atoms with Crippen LogP contribution in [0.15, 0.2) is 60.7 Å². The Labute approximate surface area is 161 Å². The Morgan fingerprint density at radius 1 is 1.11 bits per heavy atom. The third-order valence-electron chi connectivity index (χ3n) is 5.79. The van der Waals surface area contributed by atoms with E-state index in [0.717, 1.165) is 24.2 Å². The van der Waals surface area contributed by atoms with Crippen molar-refractivity contribution in [3.8, 4) is 0 Å². The molecule has 0 aromatic heterocycles. The summed E-state index contributed by atoms with van der Waals surface area (Å²) in [6.07, 6.45) is 0.819. The number of likely N-dealkylation sites (tertiary alicyclic amines) is 1. The molecular weight excluding hydrogens is 338 g/mol. The van der Waals surface area contributed by atoms with E-state index in [-0.39, 0.29) is 24.3 Å². The summed E-state index contributed by atoms with van der Waals surface area (Å²) in [6.45, 7) is 5.38. The number of fused-ring (bicyclic) bond motifs is 1. The first-order chi connectivity index (χ1) is 13.2. The average Bonchev–Trinajstić information content (AvgIpc) is 3.27. The van der Waals surface area contributed by atoms with Gasteiger partial charge in [0.1, 0.15) is 6.61 Å². The number of carbonyl (C=O) groups is 1. The largest absolute Gasteiger partial charge is 0.445 e. The van der Waals surface area contributed by atoms with E-state index >= 15 is 0 Å². The lowest BCUT2D eigenvalue weighted by atomic mass is 9.89. The molecule has 0 radical (unpaired) electrons. The third kappa shape index (κ3) is 3.46. The molecule has 1 amide bonds. The molecule has 0 unspecified atom stereocenters. The summed E-state index contributed by atoms with van der Waals surface area (Å²) in [7, 11) is 0. The molecule has 2 aromatic carbocycles. The normalized spacial score (nSPS) is 27.0. The Hall–Kier alpha value is -2.33. The molecule has 4 rings (SSSR count). The number of rotatable bonds is 4. The Bertz CT molecular complexity index is 762. The van der Waals surface area contributed by atoms with E-state index in [1.165, 1.54) is 0 Å². The van der Waals surface area contributed by atoms with E-state index in [0.29, 0.717) is 18.4 Å². The number of hydrogen-bond acceptors (Lipinski definition) is 3. The maximum absolute atomic E-state index is 13.2. The van der Waals surface area contributed by atoms with Gasteiger partial charge in [0, 0.05) is 12.5 Å². The first-order valence-electron chi connectivity index (χ1n) is 9.82. The molecule has 0 bridgehead atoms. The van der Waals surface area contributed by atoms with Crippen LogP contribution >= 0.6 is 0 Å². The summed E-state index contributed by atoms with van der Waals surface area (Å²) in [4.78, 5) is 15.2. The smallest absolute Gasteiger partial charge is 0.410 e. The van der Waals surface area contributed by atoms with E-state index in [9.17, 15) is 4.79 Å². The van der Waals surface area contributed by atoms with Crippen LogP contribution in [0.25, 0.3) is 0 Å². The van der Waals surface area contributed by atoms with Gasteiger partial charge >= 0.3 is 6.09 Å². The van der Waals surface area contributed by atoms with Gasteiger partial charge in [0.15, 0.2) is 0 Å². The second kappa shape index (κ2) is 7.73. The minimum atomic E-state index is -0.246. The highest BCUT2D eigenvalue weighted by atomic mass is 16.6. The lowest BCUT2D eigenvalue weighted by molar-refractivity contribution is 0.0242. The Morgan fingerprint density at radius 2 is 1.78 bits per heavy atom. The molecule has 2 aliphatic rings. The maximum Gasteiger partial charge on any atom is 0.410 e. The molecule has 2 aromatic rings. The zero-order chi connectivity index (χ0) is 18.8. The van der Waals surface area contributed by atoms with Crippen LogP contribution in [0, 0.1) is 11.8 Å². The molecule has 142 valence electrons. The molecule has 2 saturated heterocycles. The van der Waals surface area contributed by atoms with Crippen LogP contribution in [0.2, 0.25) is 0 Å². The van der Waals surface area contributed by atoms with Gasteiger partial charge in [-0.2, -0.15) is 0 Å². The van der Waals surface area contributed by atoms with Crippen molar-refractivity contribution in [3.05, 3.63) is 71.8 Å². The number of carbonyl (C=O) groups excluding carboxylic acids is 1. The Kier molecular flexibility index (Phi) is 5.17. The van der Waals surface area contributed by atoms with Crippen molar-refractivity contribution in [2.45, 2.75) is 45.1 Å². The van der Waals surface area contributed by atoms with Crippen LogP contribution in [0.4, 0.5) is 4.79 Å². The minimum absolute atomic E-state index is 0.00868. The van der Waals surface area contributed by atoms with Crippen molar-refractivity contribution >= 4 is 6.09 Å². The van der Waals surface area contributed by atoms with Gasteiger partial charge in [-0.15, -0.1) is 0 Å². The number of hydrogen-bond donors (Lipinski definition) is 0. The summed E-state index contributed by atoms with van der Waals surface area (Å²) < 4.78 is 11.8. The fraction of sp³-hybridized carbons (Fsp3) is 0.435. The van der Waals surface area contributed by atoms with Gasteiger partial charge in [-0.1, -0.05) is 74.5 Å². The van der Waals surface area contributed by atoms with E-state index in [2.05, 4.69) is 26.0 Å². The minimum Gasteiger partial charge on any atom is -0.445 e. The van der Waals surface area contributed by atoms with Gasteiger partial charge in [0.2, 0.25) is 0 Å². The summed E-state index contributed by atoms with van der Waals surface area (Å²) in [5.74, 6) is 0.623. The van der Waals surface area contributed by atoms with Crippen molar-refractivity contribution in [1.82, 2.24) is 4.90 Å². The predicted molar refractivity (Wildman–Crippen MR) is 104 cm³/mol. The summed E-state index contributed by atoms with van der Waals surface area (Å²) >= 11 is 0. The standard InChI is InChI=1S/C23H27NO3/c1-16(2)20-22-19(13-14-26-22)21(18-11-7-4-8-12-18)24(20)23(25)27-15-17-9-5-3-6-10-17/h3-12,16,19-22H,13-15H2,1-2H3/t19-,20-,21-,22-/m0/s1. The van der Waals surface area contributed by atoms with Gasteiger partial charge in [0.05, 0.1) is 18.2 Å². The second-order valence-corrected chi connectivity index (χ2v) is 7.83. The monoisotopic (exact) mass is 365 g/mol. The van der Waals surface area contributed by atoms with Gasteiger partial charge in [-0.25, -0.2) is 4.79 Å². The molecule has 4 nitrogen and oxygen atoms in total. The molecule has 2 heterocycles. The zero-order valence-corrected chi connectivity index (χ0v) is 16.0. The first-order valence-corrected chi connectivity index (χ1v) is 9.82. The summed E-state index contributed by atoms with van der Waals surface area (Å²) in [5.41, 5.74) is 2.16. The summed E-state index contributed by atoms with van der Waals surface area (Å²) in [5, 5.41) is 0. The van der Waals surface area contributed by atoms with E-state index < -0.39 is 0 Å². The van der Waals surface area contributed by atoms with Crippen LogP contribution < -0.4 is 0 Å². The number of ether oxygens (including phenoxy) is 2. The van der Waals surface area contributed by atoms with Crippen molar-refractivity contribution in [2.75, 3.05) is 6.61 Å². The van der Waals surface area contributed by atoms with E-state index in [1.807, 2.05) is 53.4 Å². The highest BCUT2D eigenvalue weighted by molar-refractivity contribution is 5.70. The fourth-order valence-electron chi connectivity index (χ4n) is 4.66. The van der Waals surface area contributed by atoms with Crippen molar-refractivity contribution < 1.29 is 14.3 Å². The average molecular weight is 365 g/mol. The van der Waals surface area contributed by atoms with Crippen molar-refractivity contribution in [1.29, 1.82) is 0 Å². The highest BCUT2D eigenvalue weighted by Gasteiger charge is 2.55. The SMILES string of the molecule is CC(C)[C@H]1[C@H]2OCC[C@H]2[C@H](c2ccccc2)N1C(=O)OCc1ccccc1. The second-order valence-electron chi connectivity index (χ2n) is 7.83. The molecule has 0 N–H and O–H groups in total. The lowest BCUT2D eigenvalue weighted by Crippen LogP contribution is -2.44. The third-order valence-corrected chi connectivity index (χ3v) is 5.79. The summed E-state index contributed by atoms with van der Waals surface area (Å²) in [6, 6.07) is 20.2. The predicted octanol–water partition coefficient (Wildman–Crippen LogP) is 4.81. The van der Waals surface area contributed by atoms with Crippen molar-refractivity contribution in [3.63, 3.8) is 0 Å². The quantitative estimate of drug-likeness (QED) is 0.780. The zero-order valence-electron chi connectivity index (χ0n) is 16.0. The number of benzene rings is 2. The van der Waals surface area contributed by atoms with Crippen LogP contribution in [0.1, 0.15) is 37.4 Å². The first kappa shape index (κ1) is 18.1. The molecule has 0 aliphatic carbocycles. The highest BCUT2D eigenvalue weighted by Crippen LogP contribution is 2.49. The van der Waals surface area contributed by atoms with Crippen molar-refractivity contribution in [2.24, 2.45) is 11.8 Å². The van der Waals surface area contributed by atoms with Crippen LogP contribution in [-0.2, 0) is 16.1 Å². The van der Waals surface area contributed by atoms with Crippen LogP contribution in [0.3, 0.4) is 0 Å². The van der Waals surface area contributed by atoms with Gasteiger partial charge in [-0.05, 0) is 23.5 Å². The molecule has 0 saturated carbocycles. The molecule has 2 fully saturated rings. The molecule has 2 aliphatic heterocycles. The molecule has 4 atom stereocenters. The number of amides is 1. The molecule has 4 heteroatoms.